The van der Waals surface area contributed by atoms with Crippen molar-refractivity contribution in [3.05, 3.63) is 35.0 Å². The Kier molecular flexibility index (Phi) is 3.19. The number of hydrogen-bond donors (Lipinski definition) is 1. The normalized spacial score (nSPS) is 10.6. The fourth-order valence-electron chi connectivity index (χ4n) is 1.95. The molecule has 0 radical (unpaired) electrons. The first-order valence-corrected chi connectivity index (χ1v) is 5.85. The van der Waals surface area contributed by atoms with Gasteiger partial charge in [-0.2, -0.15) is 0 Å². The monoisotopic (exact) mass is 245 g/mol. The van der Waals surface area contributed by atoms with Gasteiger partial charge in [0, 0.05) is 16.5 Å². The van der Waals surface area contributed by atoms with Crippen molar-refractivity contribution in [3.8, 4) is 0 Å². The first-order chi connectivity index (χ1) is 8.54. The van der Waals surface area contributed by atoms with Crippen LogP contribution in [0.1, 0.15) is 40.3 Å². The van der Waals surface area contributed by atoms with E-state index in [0.29, 0.717) is 17.9 Å². The van der Waals surface area contributed by atoms with E-state index in [-0.39, 0.29) is 11.8 Å². The summed E-state index contributed by atoms with van der Waals surface area (Å²) in [5.74, 6) is -0.356. The fraction of sp³-hybridized carbons (Fsp3) is 0.286. The van der Waals surface area contributed by atoms with Crippen LogP contribution in [0.3, 0.4) is 0 Å². The van der Waals surface area contributed by atoms with Gasteiger partial charge in [0.1, 0.15) is 5.69 Å². The average molecular weight is 245 g/mol. The zero-order valence-corrected chi connectivity index (χ0v) is 10.7. The van der Waals surface area contributed by atoms with Crippen molar-refractivity contribution in [3.63, 3.8) is 0 Å². The minimum atomic E-state index is -0.365. The second-order valence-corrected chi connectivity index (χ2v) is 4.16. The number of aryl methyl sites for hydroxylation is 1. The van der Waals surface area contributed by atoms with Crippen molar-refractivity contribution in [2.45, 2.75) is 20.8 Å². The third kappa shape index (κ3) is 2.01. The summed E-state index contributed by atoms with van der Waals surface area (Å²) in [6, 6.07) is 5.35. The highest BCUT2D eigenvalue weighted by atomic mass is 16.5. The van der Waals surface area contributed by atoms with Crippen molar-refractivity contribution in [2.24, 2.45) is 0 Å². The molecule has 4 heteroatoms. The Morgan fingerprint density at radius 2 is 2.06 bits per heavy atom. The van der Waals surface area contributed by atoms with Gasteiger partial charge >= 0.3 is 5.97 Å². The molecule has 0 atom stereocenters. The topological polar surface area (TPSA) is 59.2 Å². The van der Waals surface area contributed by atoms with E-state index in [0.717, 1.165) is 16.5 Å². The van der Waals surface area contributed by atoms with E-state index in [2.05, 4.69) is 4.98 Å². The maximum absolute atomic E-state index is 11.7. The van der Waals surface area contributed by atoms with Crippen LogP contribution in [0.5, 0.6) is 0 Å². The molecular weight excluding hydrogens is 230 g/mol. The second kappa shape index (κ2) is 4.64. The second-order valence-electron chi connectivity index (χ2n) is 4.16. The number of rotatable bonds is 3. The van der Waals surface area contributed by atoms with Gasteiger partial charge in [-0.3, -0.25) is 4.79 Å². The van der Waals surface area contributed by atoms with Crippen LogP contribution in [0.15, 0.2) is 18.2 Å². The van der Waals surface area contributed by atoms with Crippen molar-refractivity contribution in [1.82, 2.24) is 4.98 Å². The Balaban J connectivity index is 2.56. The molecule has 0 aliphatic rings. The van der Waals surface area contributed by atoms with Crippen LogP contribution in [0, 0.1) is 6.92 Å². The molecule has 0 amide bonds. The molecule has 2 aromatic rings. The SMILES string of the molecule is CCOC(=O)c1[nH]c2ccc(C(C)=O)cc2c1C. The van der Waals surface area contributed by atoms with E-state index >= 15 is 0 Å². The van der Waals surface area contributed by atoms with Crippen LogP contribution in [-0.2, 0) is 4.74 Å². The lowest BCUT2D eigenvalue weighted by Gasteiger charge is -1.99. The Hall–Kier alpha value is -2.10. The molecule has 0 spiro atoms. The lowest BCUT2D eigenvalue weighted by Crippen LogP contribution is -2.06. The molecule has 1 aromatic carbocycles. The molecule has 2 rings (SSSR count). The summed E-state index contributed by atoms with van der Waals surface area (Å²) < 4.78 is 4.98. The van der Waals surface area contributed by atoms with Gasteiger partial charge in [-0.15, -0.1) is 0 Å². The molecule has 1 aromatic heterocycles. The molecule has 0 saturated heterocycles. The van der Waals surface area contributed by atoms with Gasteiger partial charge in [-0.1, -0.05) is 0 Å². The highest BCUT2D eigenvalue weighted by Gasteiger charge is 2.16. The summed E-state index contributed by atoms with van der Waals surface area (Å²) in [6.07, 6.45) is 0. The first-order valence-electron chi connectivity index (χ1n) is 5.85. The summed E-state index contributed by atoms with van der Waals surface area (Å²) in [5, 5.41) is 0.880. The van der Waals surface area contributed by atoms with E-state index in [4.69, 9.17) is 4.74 Å². The standard InChI is InChI=1S/C14H15NO3/c1-4-18-14(17)13-8(2)11-7-10(9(3)16)5-6-12(11)15-13/h5-7,15H,4H2,1-3H3. The molecule has 0 aliphatic heterocycles. The third-order valence-electron chi connectivity index (χ3n) is 2.94. The number of nitrogens with one attached hydrogen (secondary N) is 1. The van der Waals surface area contributed by atoms with E-state index < -0.39 is 0 Å². The number of aromatic nitrogens is 1. The zero-order valence-electron chi connectivity index (χ0n) is 10.7. The minimum absolute atomic E-state index is 0.00943. The average Bonchev–Trinajstić information content (AvgIpc) is 2.67. The van der Waals surface area contributed by atoms with Gasteiger partial charge in [0.25, 0.3) is 0 Å². The lowest BCUT2D eigenvalue weighted by molar-refractivity contribution is 0.0519. The number of aromatic amines is 1. The highest BCUT2D eigenvalue weighted by molar-refractivity contribution is 6.02. The van der Waals surface area contributed by atoms with Crippen molar-refractivity contribution < 1.29 is 14.3 Å². The molecule has 18 heavy (non-hydrogen) atoms. The number of ketones is 1. The van der Waals surface area contributed by atoms with Crippen LogP contribution >= 0.6 is 0 Å². The number of esters is 1. The molecule has 0 saturated carbocycles. The Morgan fingerprint density at radius 3 is 2.67 bits per heavy atom. The van der Waals surface area contributed by atoms with Gasteiger partial charge < -0.3 is 9.72 Å². The molecule has 0 unspecified atom stereocenters. The Labute approximate surface area is 105 Å². The number of ether oxygens (including phenoxy) is 1. The van der Waals surface area contributed by atoms with Crippen molar-refractivity contribution in [2.75, 3.05) is 6.61 Å². The molecule has 94 valence electrons. The molecule has 0 bridgehead atoms. The summed E-state index contributed by atoms with van der Waals surface area (Å²) >= 11 is 0. The van der Waals surface area contributed by atoms with E-state index in [1.807, 2.05) is 13.0 Å². The number of fused-ring (bicyclic) bond motifs is 1. The van der Waals surface area contributed by atoms with Crippen LogP contribution in [0.2, 0.25) is 0 Å². The number of carbonyl (C=O) groups is 2. The Bertz CT molecular complexity index is 625. The third-order valence-corrected chi connectivity index (χ3v) is 2.94. The van der Waals surface area contributed by atoms with Gasteiger partial charge in [-0.25, -0.2) is 4.79 Å². The molecule has 1 heterocycles. The van der Waals surface area contributed by atoms with Gasteiger partial charge in [-0.05, 0) is 44.5 Å². The number of hydrogen-bond acceptors (Lipinski definition) is 3. The molecule has 4 nitrogen and oxygen atoms in total. The van der Waals surface area contributed by atoms with Crippen molar-refractivity contribution >= 4 is 22.7 Å². The van der Waals surface area contributed by atoms with E-state index in [1.165, 1.54) is 6.92 Å². The number of carbonyl (C=O) groups excluding carboxylic acids is 2. The highest BCUT2D eigenvalue weighted by Crippen LogP contribution is 2.23. The predicted molar refractivity (Wildman–Crippen MR) is 69.0 cm³/mol. The zero-order chi connectivity index (χ0) is 13.3. The van der Waals surface area contributed by atoms with Crippen LogP contribution in [-0.4, -0.2) is 23.3 Å². The summed E-state index contributed by atoms with van der Waals surface area (Å²) in [4.78, 5) is 26.1. The summed E-state index contributed by atoms with van der Waals surface area (Å²) in [5.41, 5.74) is 2.74. The van der Waals surface area contributed by atoms with Crippen molar-refractivity contribution in [1.29, 1.82) is 0 Å². The fourth-order valence-corrected chi connectivity index (χ4v) is 1.95. The van der Waals surface area contributed by atoms with E-state index in [9.17, 15) is 9.59 Å². The first kappa shape index (κ1) is 12.4. The molecule has 0 fully saturated rings. The van der Waals surface area contributed by atoms with E-state index in [1.54, 1.807) is 19.1 Å². The lowest BCUT2D eigenvalue weighted by atomic mass is 10.1. The largest absolute Gasteiger partial charge is 0.461 e. The van der Waals surface area contributed by atoms with Crippen LogP contribution < -0.4 is 0 Å². The predicted octanol–water partition coefficient (Wildman–Crippen LogP) is 2.86. The quantitative estimate of drug-likeness (QED) is 0.668. The van der Waals surface area contributed by atoms with Crippen LogP contribution in [0.4, 0.5) is 0 Å². The molecular formula is C14H15NO3. The Morgan fingerprint density at radius 1 is 1.33 bits per heavy atom. The smallest absolute Gasteiger partial charge is 0.355 e. The summed E-state index contributed by atoms with van der Waals surface area (Å²) in [6.45, 7) is 5.47. The minimum Gasteiger partial charge on any atom is -0.461 e. The number of benzene rings is 1. The molecule has 1 N–H and O–H groups in total. The van der Waals surface area contributed by atoms with Gasteiger partial charge in [0.15, 0.2) is 5.78 Å². The van der Waals surface area contributed by atoms with Gasteiger partial charge in [0.2, 0.25) is 0 Å². The number of Topliss-reactive ketones (excluding diaryl/α,β-unsaturated/α-hetero) is 1. The van der Waals surface area contributed by atoms with Gasteiger partial charge in [0.05, 0.1) is 6.61 Å². The maximum Gasteiger partial charge on any atom is 0.355 e. The summed E-state index contributed by atoms with van der Waals surface area (Å²) in [7, 11) is 0. The maximum atomic E-state index is 11.7. The van der Waals surface area contributed by atoms with Crippen LogP contribution in [0.25, 0.3) is 10.9 Å². The molecule has 0 aliphatic carbocycles. The number of H-pyrrole nitrogens is 1.